The van der Waals surface area contributed by atoms with Crippen LogP contribution in [0, 0.1) is 12.8 Å². The van der Waals surface area contributed by atoms with E-state index in [1.54, 1.807) is 37.3 Å². The summed E-state index contributed by atoms with van der Waals surface area (Å²) in [6, 6.07) is 16.7. The van der Waals surface area contributed by atoms with Crippen molar-refractivity contribution >= 4 is 37.3 Å². The van der Waals surface area contributed by atoms with Gasteiger partial charge in [0.15, 0.2) is 0 Å². The van der Waals surface area contributed by atoms with Gasteiger partial charge in [0.1, 0.15) is 5.75 Å². The number of aryl methyl sites for hydroxylation is 1. The second-order valence-electron chi connectivity index (χ2n) is 9.38. The number of methoxy groups -OCH3 is 1. The van der Waals surface area contributed by atoms with Crippen molar-refractivity contribution in [2.75, 3.05) is 30.2 Å². The average molecular weight is 558 g/mol. The third kappa shape index (κ3) is 6.17. The van der Waals surface area contributed by atoms with Gasteiger partial charge in [-0.05, 0) is 91.9 Å². The summed E-state index contributed by atoms with van der Waals surface area (Å²) < 4.78 is 60.9. The van der Waals surface area contributed by atoms with Gasteiger partial charge in [-0.2, -0.15) is 4.31 Å². The minimum Gasteiger partial charge on any atom is -0.497 e. The zero-order chi connectivity index (χ0) is 27.5. The lowest BCUT2D eigenvalue weighted by atomic mass is 10.0. The highest BCUT2D eigenvalue weighted by Gasteiger charge is 2.29. The number of carbonyl (C=O) groups excluding carboxylic acids is 1. The van der Waals surface area contributed by atoms with Gasteiger partial charge in [-0.3, -0.25) is 9.52 Å². The molecule has 0 aromatic heterocycles. The van der Waals surface area contributed by atoms with Gasteiger partial charge < -0.3 is 10.1 Å². The highest BCUT2D eigenvalue weighted by Crippen LogP contribution is 2.26. The number of ether oxygens (including phenoxy) is 1. The normalized spacial score (nSPS) is 15.1. The quantitative estimate of drug-likeness (QED) is 0.421. The van der Waals surface area contributed by atoms with Gasteiger partial charge in [0.25, 0.3) is 15.9 Å². The molecule has 1 saturated heterocycles. The Hall–Kier alpha value is -3.41. The maximum absolute atomic E-state index is 13.2. The molecule has 1 fully saturated rings. The van der Waals surface area contributed by atoms with E-state index < -0.39 is 26.0 Å². The van der Waals surface area contributed by atoms with Crippen LogP contribution in [0.15, 0.2) is 76.5 Å². The lowest BCUT2D eigenvalue weighted by molar-refractivity contribution is 0.102. The molecule has 4 rings (SSSR count). The van der Waals surface area contributed by atoms with Gasteiger partial charge in [0.2, 0.25) is 10.0 Å². The number of hydrogen-bond acceptors (Lipinski definition) is 6. The zero-order valence-corrected chi connectivity index (χ0v) is 23.1. The third-order valence-electron chi connectivity index (χ3n) is 6.60. The van der Waals surface area contributed by atoms with Crippen LogP contribution in [0.25, 0.3) is 0 Å². The number of nitrogens with one attached hydrogen (secondary N) is 2. The summed E-state index contributed by atoms with van der Waals surface area (Å²) in [7, 11) is -6.04. The molecule has 202 valence electrons. The molecule has 2 N–H and O–H groups in total. The Kier molecular flexibility index (Phi) is 8.10. The number of amides is 1. The van der Waals surface area contributed by atoms with E-state index in [-0.39, 0.29) is 15.4 Å². The highest BCUT2D eigenvalue weighted by atomic mass is 32.2. The molecule has 1 aliphatic heterocycles. The van der Waals surface area contributed by atoms with Gasteiger partial charge >= 0.3 is 0 Å². The van der Waals surface area contributed by atoms with Crippen molar-refractivity contribution in [2.24, 2.45) is 5.92 Å². The molecule has 0 saturated carbocycles. The number of benzene rings is 3. The Morgan fingerprint density at radius 2 is 1.45 bits per heavy atom. The Morgan fingerprint density at radius 3 is 2.05 bits per heavy atom. The van der Waals surface area contributed by atoms with Gasteiger partial charge in [-0.1, -0.05) is 13.0 Å². The summed E-state index contributed by atoms with van der Waals surface area (Å²) in [5, 5.41) is 2.73. The molecular weight excluding hydrogens is 526 g/mol. The minimum atomic E-state index is -3.85. The molecule has 0 aliphatic carbocycles. The fourth-order valence-corrected chi connectivity index (χ4v) is 6.72. The monoisotopic (exact) mass is 557 g/mol. The van der Waals surface area contributed by atoms with Crippen molar-refractivity contribution in [2.45, 2.75) is 36.5 Å². The first kappa shape index (κ1) is 27.6. The SMILES string of the molecule is COc1ccc(NS(=O)(=O)c2ccc(NC(=O)c3cc(S(=O)(=O)N4CCC(C)CC4)ccc3C)cc2)cc1. The van der Waals surface area contributed by atoms with Crippen LogP contribution in [0.1, 0.15) is 35.7 Å². The van der Waals surface area contributed by atoms with Crippen LogP contribution >= 0.6 is 0 Å². The molecule has 9 nitrogen and oxygen atoms in total. The van der Waals surface area contributed by atoms with E-state index in [1.165, 1.54) is 47.8 Å². The van der Waals surface area contributed by atoms with Crippen LogP contribution in [0.4, 0.5) is 11.4 Å². The molecule has 0 spiro atoms. The molecule has 0 atom stereocenters. The van der Waals surface area contributed by atoms with Crippen LogP contribution < -0.4 is 14.8 Å². The molecule has 11 heteroatoms. The maximum atomic E-state index is 13.2. The maximum Gasteiger partial charge on any atom is 0.261 e. The summed E-state index contributed by atoms with van der Waals surface area (Å²) in [5.74, 6) is 0.603. The first-order chi connectivity index (χ1) is 18.0. The predicted octanol–water partition coefficient (Wildman–Crippen LogP) is 4.48. The number of hydrogen-bond donors (Lipinski definition) is 2. The summed E-state index contributed by atoms with van der Waals surface area (Å²) in [4.78, 5) is 13.1. The molecule has 1 amide bonds. The Bertz CT molecular complexity index is 1510. The van der Waals surface area contributed by atoms with E-state index in [4.69, 9.17) is 4.74 Å². The van der Waals surface area contributed by atoms with Crippen molar-refractivity contribution in [3.05, 3.63) is 77.9 Å². The number of anilines is 2. The van der Waals surface area contributed by atoms with Crippen molar-refractivity contribution in [3.63, 3.8) is 0 Å². The largest absolute Gasteiger partial charge is 0.497 e. The Labute approximate surface area is 223 Å². The second-order valence-corrected chi connectivity index (χ2v) is 13.0. The lowest BCUT2D eigenvalue weighted by Crippen LogP contribution is -2.38. The van der Waals surface area contributed by atoms with Crippen molar-refractivity contribution in [1.29, 1.82) is 0 Å². The number of piperidine rings is 1. The Balaban J connectivity index is 1.47. The van der Waals surface area contributed by atoms with Crippen LogP contribution in [0.5, 0.6) is 5.75 Å². The molecule has 3 aromatic carbocycles. The van der Waals surface area contributed by atoms with Crippen molar-refractivity contribution in [1.82, 2.24) is 4.31 Å². The van der Waals surface area contributed by atoms with Crippen molar-refractivity contribution in [3.8, 4) is 5.75 Å². The van der Waals surface area contributed by atoms with Crippen LogP contribution in [0.3, 0.4) is 0 Å². The summed E-state index contributed by atoms with van der Waals surface area (Å²) >= 11 is 0. The van der Waals surface area contributed by atoms with E-state index in [0.717, 1.165) is 12.8 Å². The fourth-order valence-electron chi connectivity index (χ4n) is 4.17. The molecule has 1 aliphatic rings. The molecular formula is C27H31N3O6S2. The third-order valence-corrected chi connectivity index (χ3v) is 9.89. The highest BCUT2D eigenvalue weighted by molar-refractivity contribution is 7.92. The first-order valence-corrected chi connectivity index (χ1v) is 15.1. The molecule has 0 unspecified atom stereocenters. The van der Waals surface area contributed by atoms with Crippen LogP contribution in [-0.2, 0) is 20.0 Å². The fraction of sp³-hybridized carbons (Fsp3) is 0.296. The summed E-state index contributed by atoms with van der Waals surface area (Å²) in [6.45, 7) is 4.76. The molecule has 3 aromatic rings. The lowest BCUT2D eigenvalue weighted by Gasteiger charge is -2.29. The van der Waals surface area contributed by atoms with Gasteiger partial charge in [0.05, 0.1) is 16.9 Å². The number of nitrogens with zero attached hydrogens (tertiary/aromatic N) is 1. The van der Waals surface area contributed by atoms with Crippen molar-refractivity contribution < 1.29 is 26.4 Å². The standard InChI is InChI=1S/C27H31N3O6S2/c1-19-14-16-30(17-15-19)38(34,35)25-11-4-20(2)26(18-25)27(31)28-21-7-12-24(13-8-21)37(32,33)29-22-5-9-23(36-3)10-6-22/h4-13,18-19,29H,14-17H2,1-3H3,(H,28,31). The van der Waals surface area contributed by atoms with Crippen LogP contribution in [-0.4, -0.2) is 47.2 Å². The number of carbonyl (C=O) groups is 1. The molecule has 1 heterocycles. The molecule has 0 bridgehead atoms. The molecule has 0 radical (unpaired) electrons. The molecule has 38 heavy (non-hydrogen) atoms. The Morgan fingerprint density at radius 1 is 0.868 bits per heavy atom. The summed E-state index contributed by atoms with van der Waals surface area (Å²) in [5.41, 5.74) is 1.61. The van der Waals surface area contributed by atoms with E-state index in [0.29, 0.717) is 41.7 Å². The van der Waals surface area contributed by atoms with E-state index >= 15 is 0 Å². The average Bonchev–Trinajstić information content (AvgIpc) is 2.89. The van der Waals surface area contributed by atoms with Gasteiger partial charge in [-0.25, -0.2) is 16.8 Å². The van der Waals surface area contributed by atoms with Gasteiger partial charge in [-0.15, -0.1) is 0 Å². The predicted molar refractivity (Wildman–Crippen MR) is 147 cm³/mol. The topological polar surface area (TPSA) is 122 Å². The zero-order valence-electron chi connectivity index (χ0n) is 21.5. The number of rotatable bonds is 8. The van der Waals surface area contributed by atoms with Crippen LogP contribution in [0.2, 0.25) is 0 Å². The van der Waals surface area contributed by atoms with E-state index in [2.05, 4.69) is 17.0 Å². The first-order valence-electron chi connectivity index (χ1n) is 12.2. The van der Waals surface area contributed by atoms with E-state index in [9.17, 15) is 21.6 Å². The smallest absolute Gasteiger partial charge is 0.261 e. The minimum absolute atomic E-state index is 0.0199. The number of sulfonamides is 2. The second kappa shape index (κ2) is 11.1. The van der Waals surface area contributed by atoms with Gasteiger partial charge in [0, 0.05) is 30.0 Å². The summed E-state index contributed by atoms with van der Waals surface area (Å²) in [6.07, 6.45) is 1.61. The van der Waals surface area contributed by atoms with E-state index in [1.807, 2.05) is 0 Å².